The summed E-state index contributed by atoms with van der Waals surface area (Å²) >= 11 is 0. The summed E-state index contributed by atoms with van der Waals surface area (Å²) in [4.78, 5) is 0. The molecule has 1 rings (SSSR count). The van der Waals surface area contributed by atoms with Crippen LogP contribution in [0.25, 0.3) is 0 Å². The lowest BCUT2D eigenvalue weighted by atomic mass is 10.1. The van der Waals surface area contributed by atoms with Gasteiger partial charge < -0.3 is 5.73 Å². The van der Waals surface area contributed by atoms with E-state index < -0.39 is 0 Å². The molecule has 0 amide bonds. The Morgan fingerprint density at radius 3 is 2.33 bits per heavy atom. The molecule has 0 aliphatic heterocycles. The zero-order valence-electron chi connectivity index (χ0n) is 5.73. The van der Waals surface area contributed by atoms with Gasteiger partial charge in [0, 0.05) is 0 Å². The minimum absolute atomic E-state index is 0.634. The fourth-order valence-corrected chi connectivity index (χ4v) is 0.736. The minimum atomic E-state index is 0.634. The van der Waals surface area contributed by atoms with Crippen molar-refractivity contribution in [2.75, 3.05) is 0 Å². The summed E-state index contributed by atoms with van der Waals surface area (Å²) in [6.07, 6.45) is 0. The lowest BCUT2D eigenvalue weighted by molar-refractivity contribution is 1.33. The van der Waals surface area contributed by atoms with Crippen molar-refractivity contribution in [1.82, 2.24) is 5.73 Å². The molecule has 0 aromatic heterocycles. The van der Waals surface area contributed by atoms with Gasteiger partial charge in [-0.15, -0.1) is 0 Å². The Hall–Kier alpha value is -0.980. The number of hydrogen-bond donors (Lipinski definition) is 0. The summed E-state index contributed by atoms with van der Waals surface area (Å²) in [7, 11) is 0. The molecule has 0 aliphatic rings. The van der Waals surface area contributed by atoms with E-state index in [4.69, 9.17) is 5.73 Å². The number of hydrogen-bond acceptors (Lipinski definition) is 0. The van der Waals surface area contributed by atoms with Crippen LogP contribution < -0.4 is 5.73 Å². The maximum absolute atomic E-state index is 7.36. The van der Waals surface area contributed by atoms with E-state index in [-0.39, 0.29) is 0 Å². The van der Waals surface area contributed by atoms with Gasteiger partial charge in [-0.1, -0.05) is 12.1 Å². The average Bonchev–Trinajstić information content (AvgIpc) is 1.80. The van der Waals surface area contributed by atoms with E-state index in [0.29, 0.717) is 5.69 Å². The molecule has 1 aromatic rings. The summed E-state index contributed by atoms with van der Waals surface area (Å²) in [5.41, 5.74) is 10.2. The van der Waals surface area contributed by atoms with Crippen LogP contribution >= 0.6 is 0 Å². The van der Waals surface area contributed by atoms with Crippen molar-refractivity contribution in [1.29, 1.82) is 0 Å². The highest BCUT2D eigenvalue weighted by molar-refractivity contribution is 5.44. The molecule has 0 fully saturated rings. The molecule has 47 valence electrons. The van der Waals surface area contributed by atoms with Gasteiger partial charge in [0.15, 0.2) is 0 Å². The van der Waals surface area contributed by atoms with Crippen LogP contribution in [-0.4, -0.2) is 0 Å². The molecule has 0 unspecified atom stereocenters. The van der Waals surface area contributed by atoms with E-state index in [0.717, 1.165) is 11.1 Å². The Bertz CT molecular complexity index is 216. The van der Waals surface area contributed by atoms with Crippen LogP contribution in [0.15, 0.2) is 18.2 Å². The molecule has 0 spiro atoms. The first-order valence-electron chi connectivity index (χ1n) is 2.99. The van der Waals surface area contributed by atoms with E-state index in [1.54, 1.807) is 0 Å². The molecule has 1 heteroatoms. The Labute approximate surface area is 55.5 Å². The Balaban J connectivity index is 3.17. The molecule has 0 atom stereocenters. The van der Waals surface area contributed by atoms with Crippen LogP contribution in [0.2, 0.25) is 0 Å². The van der Waals surface area contributed by atoms with Crippen LogP contribution in [0, 0.1) is 13.8 Å². The molecule has 0 saturated carbocycles. The van der Waals surface area contributed by atoms with Gasteiger partial charge in [-0.05, 0) is 31.0 Å². The van der Waals surface area contributed by atoms with Gasteiger partial charge in [-0.25, -0.2) is 0 Å². The fourth-order valence-electron chi connectivity index (χ4n) is 0.736. The van der Waals surface area contributed by atoms with E-state index in [9.17, 15) is 0 Å². The Morgan fingerprint density at radius 1 is 1.22 bits per heavy atom. The third kappa shape index (κ3) is 1.22. The normalized spacial score (nSPS) is 9.56. The first kappa shape index (κ1) is 6.14. The van der Waals surface area contributed by atoms with E-state index >= 15 is 0 Å². The molecule has 1 radical (unpaired) electrons. The lowest BCUT2D eigenvalue weighted by Crippen LogP contribution is -1.78. The van der Waals surface area contributed by atoms with Crippen molar-refractivity contribution in [3.63, 3.8) is 0 Å². The third-order valence-corrected chi connectivity index (χ3v) is 1.39. The van der Waals surface area contributed by atoms with Gasteiger partial charge in [0.05, 0.1) is 5.69 Å². The monoisotopic (exact) mass is 120 g/mol. The molecule has 1 N–H and O–H groups in total. The van der Waals surface area contributed by atoms with Gasteiger partial charge in [-0.3, -0.25) is 0 Å². The molecule has 0 heterocycles. The number of aryl methyl sites for hydroxylation is 2. The average molecular weight is 120 g/mol. The highest BCUT2D eigenvalue weighted by Crippen LogP contribution is 2.12. The van der Waals surface area contributed by atoms with Gasteiger partial charge in [0.25, 0.3) is 0 Å². The molecular weight excluding hydrogens is 110 g/mol. The summed E-state index contributed by atoms with van der Waals surface area (Å²) in [5.74, 6) is 0. The van der Waals surface area contributed by atoms with Crippen LogP contribution in [0.3, 0.4) is 0 Å². The van der Waals surface area contributed by atoms with Gasteiger partial charge in [0.2, 0.25) is 0 Å². The maximum atomic E-state index is 7.36. The molecule has 0 aliphatic carbocycles. The smallest absolute Gasteiger partial charge is 0.0571 e. The van der Waals surface area contributed by atoms with Crippen molar-refractivity contribution in [3.05, 3.63) is 29.3 Å². The van der Waals surface area contributed by atoms with E-state index in [1.807, 2.05) is 32.0 Å². The first-order valence-corrected chi connectivity index (χ1v) is 2.99. The summed E-state index contributed by atoms with van der Waals surface area (Å²) < 4.78 is 0. The molecule has 1 aromatic carbocycles. The SMILES string of the molecule is Cc1ccc(C)c([NH])c1. The van der Waals surface area contributed by atoms with Crippen molar-refractivity contribution in [2.45, 2.75) is 13.8 Å². The first-order chi connectivity index (χ1) is 4.20. The summed E-state index contributed by atoms with van der Waals surface area (Å²) in [5, 5.41) is 0. The maximum Gasteiger partial charge on any atom is 0.0571 e. The number of benzene rings is 1. The standard InChI is InChI=1S/C8H10N/c1-6-3-4-7(2)8(9)5-6/h3-5,9H,1-2H3. The zero-order valence-corrected chi connectivity index (χ0v) is 5.73. The van der Waals surface area contributed by atoms with Gasteiger partial charge in [-0.2, -0.15) is 0 Å². The number of nitrogens with one attached hydrogen (secondary N) is 1. The molecule has 1 nitrogen and oxygen atoms in total. The summed E-state index contributed by atoms with van der Waals surface area (Å²) in [6.45, 7) is 3.94. The molecular formula is C8H10N. The van der Waals surface area contributed by atoms with Crippen molar-refractivity contribution >= 4 is 5.69 Å². The van der Waals surface area contributed by atoms with Crippen molar-refractivity contribution < 1.29 is 0 Å². The Morgan fingerprint density at radius 2 is 1.89 bits per heavy atom. The summed E-state index contributed by atoms with van der Waals surface area (Å²) in [6, 6.07) is 5.86. The number of rotatable bonds is 0. The van der Waals surface area contributed by atoms with E-state index in [2.05, 4.69) is 0 Å². The highest BCUT2D eigenvalue weighted by Gasteiger charge is 1.90. The molecule has 0 saturated heterocycles. The minimum Gasteiger partial charge on any atom is -0.301 e. The van der Waals surface area contributed by atoms with Gasteiger partial charge >= 0.3 is 0 Å². The van der Waals surface area contributed by atoms with Crippen molar-refractivity contribution in [3.8, 4) is 0 Å². The van der Waals surface area contributed by atoms with Gasteiger partial charge in [0.1, 0.15) is 0 Å². The topological polar surface area (TPSA) is 23.8 Å². The predicted molar refractivity (Wildman–Crippen MR) is 38.7 cm³/mol. The third-order valence-electron chi connectivity index (χ3n) is 1.39. The van der Waals surface area contributed by atoms with Crippen LogP contribution in [0.4, 0.5) is 5.69 Å². The fraction of sp³-hybridized carbons (Fsp3) is 0.250. The quantitative estimate of drug-likeness (QED) is 0.501. The van der Waals surface area contributed by atoms with Crippen LogP contribution in [0.5, 0.6) is 0 Å². The molecule has 9 heavy (non-hydrogen) atoms. The van der Waals surface area contributed by atoms with Crippen LogP contribution in [0.1, 0.15) is 11.1 Å². The second kappa shape index (κ2) is 2.09. The predicted octanol–water partition coefficient (Wildman–Crippen LogP) is 2.22. The molecule has 0 bridgehead atoms. The second-order valence-electron chi connectivity index (χ2n) is 2.32. The Kier molecular flexibility index (Phi) is 1.43. The zero-order chi connectivity index (χ0) is 6.85. The van der Waals surface area contributed by atoms with Crippen LogP contribution in [-0.2, 0) is 0 Å². The largest absolute Gasteiger partial charge is 0.301 e. The second-order valence-corrected chi connectivity index (χ2v) is 2.32. The van der Waals surface area contributed by atoms with E-state index in [1.165, 1.54) is 0 Å². The van der Waals surface area contributed by atoms with Crippen molar-refractivity contribution in [2.24, 2.45) is 0 Å². The highest BCUT2D eigenvalue weighted by atomic mass is 14.5. The lowest BCUT2D eigenvalue weighted by Gasteiger charge is -1.97.